The van der Waals surface area contributed by atoms with Crippen LogP contribution < -0.4 is 5.32 Å². The number of amides is 1. The first-order valence-corrected chi connectivity index (χ1v) is 7.99. The Bertz CT molecular complexity index is 785. The topological polar surface area (TPSA) is 76.9 Å². The van der Waals surface area contributed by atoms with Gasteiger partial charge in [0.25, 0.3) is 0 Å². The normalized spacial score (nSPS) is 19.7. The first kappa shape index (κ1) is 16.3. The maximum absolute atomic E-state index is 13.9. The Balaban J connectivity index is 2.16. The van der Waals surface area contributed by atoms with Crippen LogP contribution in [0.15, 0.2) is 24.5 Å². The van der Waals surface area contributed by atoms with Gasteiger partial charge in [-0.2, -0.15) is 5.10 Å². The zero-order chi connectivity index (χ0) is 17.3. The second-order valence-corrected chi connectivity index (χ2v) is 6.06. The fourth-order valence-electron chi connectivity index (χ4n) is 2.83. The third kappa shape index (κ3) is 3.06. The molecule has 2 atom stereocenters. The molecule has 1 N–H and O–H groups in total. The van der Waals surface area contributed by atoms with Gasteiger partial charge >= 0.3 is 0 Å². The molecule has 7 heteroatoms. The molecule has 2 aromatic rings. The van der Waals surface area contributed by atoms with Crippen molar-refractivity contribution in [3.63, 3.8) is 0 Å². The Morgan fingerprint density at radius 3 is 2.96 bits per heavy atom. The number of nitrogens with one attached hydrogen (secondary N) is 1. The number of pyridine rings is 1. The summed E-state index contributed by atoms with van der Waals surface area (Å²) in [6.45, 7) is 3.17. The lowest BCUT2D eigenvalue weighted by Crippen LogP contribution is -2.21. The van der Waals surface area contributed by atoms with Crippen molar-refractivity contribution in [2.24, 2.45) is 5.92 Å². The molecule has 0 radical (unpaired) electrons. The summed E-state index contributed by atoms with van der Waals surface area (Å²) in [7, 11) is 0. The van der Waals surface area contributed by atoms with Crippen LogP contribution >= 0.6 is 0 Å². The van der Waals surface area contributed by atoms with E-state index in [0.29, 0.717) is 41.9 Å². The van der Waals surface area contributed by atoms with Crippen molar-refractivity contribution >= 4 is 17.4 Å². The van der Waals surface area contributed by atoms with Gasteiger partial charge in [0.15, 0.2) is 12.1 Å². The number of aromatic nitrogens is 3. The number of carbonyl (C=O) groups excluding carboxylic acids is 2. The van der Waals surface area contributed by atoms with Gasteiger partial charge in [-0.25, -0.2) is 9.07 Å². The van der Waals surface area contributed by atoms with Gasteiger partial charge in [0.1, 0.15) is 5.69 Å². The molecule has 1 aliphatic rings. The van der Waals surface area contributed by atoms with E-state index in [1.807, 2.05) is 6.92 Å². The van der Waals surface area contributed by atoms with Crippen molar-refractivity contribution in [3.8, 4) is 11.3 Å². The van der Waals surface area contributed by atoms with Crippen LogP contribution in [0.2, 0.25) is 0 Å². The van der Waals surface area contributed by atoms with E-state index >= 15 is 0 Å². The average molecular weight is 330 g/mol. The molecule has 126 valence electrons. The van der Waals surface area contributed by atoms with Crippen LogP contribution in [-0.2, 0) is 4.79 Å². The Kier molecular flexibility index (Phi) is 4.42. The molecule has 2 aromatic heterocycles. The van der Waals surface area contributed by atoms with Gasteiger partial charge in [0, 0.05) is 24.1 Å². The van der Waals surface area contributed by atoms with Crippen LogP contribution in [0.4, 0.5) is 10.1 Å². The summed E-state index contributed by atoms with van der Waals surface area (Å²) in [6, 6.07) is 3.30. The van der Waals surface area contributed by atoms with Gasteiger partial charge in [-0.1, -0.05) is 6.92 Å². The summed E-state index contributed by atoms with van der Waals surface area (Å²) in [4.78, 5) is 28.8. The molecule has 0 saturated carbocycles. The lowest BCUT2D eigenvalue weighted by atomic mass is 9.99. The number of hydrogen-bond donors (Lipinski definition) is 1. The molecule has 0 aromatic carbocycles. The number of halogens is 1. The molecule has 1 amide bonds. The number of anilines is 1. The van der Waals surface area contributed by atoms with Crippen LogP contribution in [0, 0.1) is 5.92 Å². The lowest BCUT2D eigenvalue weighted by molar-refractivity contribution is -0.119. The summed E-state index contributed by atoms with van der Waals surface area (Å²) in [5.41, 5.74) is 1.81. The Morgan fingerprint density at radius 2 is 2.21 bits per heavy atom. The number of hydrogen-bond acceptors (Lipinski definition) is 4. The number of Topliss-reactive ketones (excluding diaryl/α,β-unsaturated/α-hetero) is 1. The zero-order valence-electron chi connectivity index (χ0n) is 13.6. The molecule has 6 nitrogen and oxygen atoms in total. The number of alkyl halides is 1. The maximum Gasteiger partial charge on any atom is 0.227 e. The molecular weight excluding hydrogens is 311 g/mol. The molecular formula is C17H19FN4O2. The number of nitrogens with zero attached hydrogens (tertiary/aromatic N) is 3. The minimum absolute atomic E-state index is 0.0778. The standard InChI is InChI=1S/C17H19FN4O2/c1-10-4-3-5-15(23)13-8-12(6-7-19-13)16-14(21-17(10)24)9-20-22(16)11(2)18/h6-11H,3-5H2,1-2H3,(H,21,24)/t10-,11?/m1/s1. The van der Waals surface area contributed by atoms with Crippen molar-refractivity contribution in [1.82, 2.24) is 14.8 Å². The fraction of sp³-hybridized carbons (Fsp3) is 0.412. The first-order chi connectivity index (χ1) is 11.5. The van der Waals surface area contributed by atoms with Crippen LogP contribution in [0.3, 0.4) is 0 Å². The first-order valence-electron chi connectivity index (χ1n) is 7.99. The highest BCUT2D eigenvalue weighted by molar-refractivity contribution is 5.98. The van der Waals surface area contributed by atoms with Gasteiger partial charge in [-0.3, -0.25) is 14.6 Å². The SMILES string of the molecule is CC(F)n1ncc2c1-c1ccnc(c1)C(=O)CCC[C@@H](C)C(=O)N2. The second kappa shape index (κ2) is 6.51. The second-order valence-electron chi connectivity index (χ2n) is 6.06. The van der Waals surface area contributed by atoms with Gasteiger partial charge in [0.05, 0.1) is 17.6 Å². The predicted molar refractivity (Wildman–Crippen MR) is 87.3 cm³/mol. The minimum Gasteiger partial charge on any atom is -0.323 e. The molecule has 1 aliphatic heterocycles. The van der Waals surface area contributed by atoms with Crippen molar-refractivity contribution in [3.05, 3.63) is 30.2 Å². The molecule has 3 rings (SSSR count). The maximum atomic E-state index is 13.9. The molecule has 2 bridgehead atoms. The molecule has 3 heterocycles. The minimum atomic E-state index is -1.37. The van der Waals surface area contributed by atoms with Crippen LogP contribution in [0.1, 0.15) is 49.9 Å². The monoisotopic (exact) mass is 330 g/mol. The van der Waals surface area contributed by atoms with Gasteiger partial charge in [0.2, 0.25) is 5.91 Å². The van der Waals surface area contributed by atoms with Gasteiger partial charge in [-0.15, -0.1) is 0 Å². The van der Waals surface area contributed by atoms with Crippen molar-refractivity contribution < 1.29 is 14.0 Å². The summed E-state index contributed by atoms with van der Waals surface area (Å²) in [5.74, 6) is -0.488. The van der Waals surface area contributed by atoms with E-state index in [0.717, 1.165) is 0 Å². The largest absolute Gasteiger partial charge is 0.323 e. The van der Waals surface area contributed by atoms with E-state index in [1.54, 1.807) is 12.1 Å². The van der Waals surface area contributed by atoms with Crippen LogP contribution in [0.25, 0.3) is 11.3 Å². The van der Waals surface area contributed by atoms with Crippen molar-refractivity contribution in [2.75, 3.05) is 5.32 Å². The van der Waals surface area contributed by atoms with E-state index in [9.17, 15) is 14.0 Å². The van der Waals surface area contributed by atoms with Gasteiger partial charge < -0.3 is 5.32 Å². The van der Waals surface area contributed by atoms with E-state index in [-0.39, 0.29) is 17.6 Å². The van der Waals surface area contributed by atoms with E-state index in [1.165, 1.54) is 24.0 Å². The van der Waals surface area contributed by atoms with Crippen molar-refractivity contribution in [2.45, 2.75) is 39.4 Å². The van der Waals surface area contributed by atoms with E-state index in [4.69, 9.17) is 0 Å². The quantitative estimate of drug-likeness (QED) is 0.869. The summed E-state index contributed by atoms with van der Waals surface area (Å²) in [6.07, 6.45) is 3.13. The van der Waals surface area contributed by atoms with E-state index < -0.39 is 6.30 Å². The highest BCUT2D eigenvalue weighted by Crippen LogP contribution is 2.32. The molecule has 1 unspecified atom stereocenters. The fourth-order valence-corrected chi connectivity index (χ4v) is 2.83. The van der Waals surface area contributed by atoms with Crippen LogP contribution in [-0.4, -0.2) is 26.5 Å². The summed E-state index contributed by atoms with van der Waals surface area (Å²) < 4.78 is 15.1. The Labute approximate surface area is 139 Å². The lowest BCUT2D eigenvalue weighted by Gasteiger charge is -2.15. The number of carbonyl (C=O) groups is 2. The number of ketones is 1. The highest BCUT2D eigenvalue weighted by Gasteiger charge is 2.23. The summed E-state index contributed by atoms with van der Waals surface area (Å²) >= 11 is 0. The third-order valence-corrected chi connectivity index (χ3v) is 4.20. The highest BCUT2D eigenvalue weighted by atomic mass is 19.1. The molecule has 0 spiro atoms. The average Bonchev–Trinajstić information content (AvgIpc) is 2.97. The Hall–Kier alpha value is -2.57. The molecule has 24 heavy (non-hydrogen) atoms. The number of rotatable bonds is 1. The smallest absolute Gasteiger partial charge is 0.227 e. The van der Waals surface area contributed by atoms with E-state index in [2.05, 4.69) is 15.4 Å². The predicted octanol–water partition coefficient (Wildman–Crippen LogP) is 3.37. The molecule has 0 saturated heterocycles. The van der Waals surface area contributed by atoms with Crippen molar-refractivity contribution in [1.29, 1.82) is 0 Å². The van der Waals surface area contributed by atoms with Crippen LogP contribution in [0.5, 0.6) is 0 Å². The summed E-state index contributed by atoms with van der Waals surface area (Å²) in [5, 5.41) is 6.87. The number of fused-ring (bicyclic) bond motifs is 4. The zero-order valence-corrected chi connectivity index (χ0v) is 13.6. The van der Waals surface area contributed by atoms with Gasteiger partial charge in [-0.05, 0) is 31.9 Å². The molecule has 0 aliphatic carbocycles. The third-order valence-electron chi connectivity index (χ3n) is 4.20. The Morgan fingerprint density at radius 1 is 1.42 bits per heavy atom. The molecule has 0 fully saturated rings.